The molecule has 0 radical (unpaired) electrons. The second-order valence-electron chi connectivity index (χ2n) is 3.53. The molecule has 2 rings (SSSR count). The van der Waals surface area contributed by atoms with Crippen LogP contribution in [0.3, 0.4) is 0 Å². The first-order valence-corrected chi connectivity index (χ1v) is 5.43. The highest BCUT2D eigenvalue weighted by Gasteiger charge is 2.13. The first-order chi connectivity index (χ1) is 6.81. The summed E-state index contributed by atoms with van der Waals surface area (Å²) in [5.41, 5.74) is 2.62. The Balaban J connectivity index is 2.39. The molecule has 76 valence electrons. The molecule has 0 fully saturated rings. The van der Waals surface area contributed by atoms with E-state index >= 15 is 0 Å². The lowest BCUT2D eigenvalue weighted by atomic mass is 10.1. The molecule has 0 amide bonds. The SMILES string of the molecule is CCN1CCNCc2cc(Cl)ccc21. The topological polar surface area (TPSA) is 15.3 Å². The summed E-state index contributed by atoms with van der Waals surface area (Å²) in [4.78, 5) is 2.38. The van der Waals surface area contributed by atoms with Crippen molar-refractivity contribution in [1.29, 1.82) is 0 Å². The molecule has 1 aliphatic heterocycles. The lowest BCUT2D eigenvalue weighted by Gasteiger charge is -2.22. The molecule has 0 saturated heterocycles. The Kier molecular flexibility index (Phi) is 2.94. The predicted molar refractivity (Wildman–Crippen MR) is 61.0 cm³/mol. The molecule has 14 heavy (non-hydrogen) atoms. The van der Waals surface area contributed by atoms with E-state index in [0.29, 0.717) is 0 Å². The van der Waals surface area contributed by atoms with E-state index in [0.717, 1.165) is 31.2 Å². The molecule has 0 atom stereocenters. The zero-order valence-electron chi connectivity index (χ0n) is 8.39. The predicted octanol–water partition coefficient (Wildman–Crippen LogP) is 2.27. The number of anilines is 1. The lowest BCUT2D eigenvalue weighted by Crippen LogP contribution is -2.28. The van der Waals surface area contributed by atoms with E-state index in [1.165, 1.54) is 11.3 Å². The van der Waals surface area contributed by atoms with Crippen LogP contribution in [0.5, 0.6) is 0 Å². The van der Waals surface area contributed by atoms with Crippen molar-refractivity contribution >= 4 is 17.3 Å². The van der Waals surface area contributed by atoms with Gasteiger partial charge in [-0.3, -0.25) is 0 Å². The van der Waals surface area contributed by atoms with Gasteiger partial charge in [0.15, 0.2) is 0 Å². The van der Waals surface area contributed by atoms with Crippen molar-refractivity contribution in [2.24, 2.45) is 0 Å². The largest absolute Gasteiger partial charge is 0.370 e. The maximum absolute atomic E-state index is 5.97. The van der Waals surface area contributed by atoms with Crippen LogP contribution in [0, 0.1) is 0 Å². The monoisotopic (exact) mass is 210 g/mol. The van der Waals surface area contributed by atoms with Gasteiger partial charge >= 0.3 is 0 Å². The minimum atomic E-state index is 0.823. The summed E-state index contributed by atoms with van der Waals surface area (Å²) in [5.74, 6) is 0. The summed E-state index contributed by atoms with van der Waals surface area (Å²) < 4.78 is 0. The van der Waals surface area contributed by atoms with Crippen molar-refractivity contribution in [2.75, 3.05) is 24.5 Å². The molecule has 0 aromatic heterocycles. The third kappa shape index (κ3) is 1.86. The van der Waals surface area contributed by atoms with Gasteiger partial charge in [-0.15, -0.1) is 0 Å². The Morgan fingerprint density at radius 1 is 1.50 bits per heavy atom. The Bertz CT molecular complexity index is 325. The number of nitrogens with zero attached hydrogens (tertiary/aromatic N) is 1. The van der Waals surface area contributed by atoms with Crippen LogP contribution in [0.1, 0.15) is 12.5 Å². The summed E-state index contributed by atoms with van der Waals surface area (Å²) >= 11 is 5.97. The number of rotatable bonds is 1. The van der Waals surface area contributed by atoms with Crippen LogP contribution in [-0.2, 0) is 6.54 Å². The number of likely N-dealkylation sites (N-methyl/N-ethyl adjacent to an activating group) is 1. The second kappa shape index (κ2) is 4.20. The number of nitrogens with one attached hydrogen (secondary N) is 1. The summed E-state index contributed by atoms with van der Waals surface area (Å²) in [7, 11) is 0. The molecule has 0 aliphatic carbocycles. The van der Waals surface area contributed by atoms with Gasteiger partial charge in [0.2, 0.25) is 0 Å². The summed E-state index contributed by atoms with van der Waals surface area (Å²) in [6, 6.07) is 6.14. The van der Waals surface area contributed by atoms with Crippen LogP contribution in [0.4, 0.5) is 5.69 Å². The quantitative estimate of drug-likeness (QED) is 0.765. The summed E-state index contributed by atoms with van der Waals surface area (Å²) in [5, 5.41) is 4.22. The number of fused-ring (bicyclic) bond motifs is 1. The molecule has 1 aromatic carbocycles. The fraction of sp³-hybridized carbons (Fsp3) is 0.455. The molecule has 1 aromatic rings. The fourth-order valence-corrected chi connectivity index (χ4v) is 2.08. The highest BCUT2D eigenvalue weighted by molar-refractivity contribution is 6.30. The standard InChI is InChI=1S/C11H15ClN2/c1-2-14-6-5-13-8-9-7-10(12)3-4-11(9)14/h3-4,7,13H,2,5-6,8H2,1H3. The minimum Gasteiger partial charge on any atom is -0.370 e. The van der Waals surface area contributed by atoms with Crippen molar-refractivity contribution in [3.8, 4) is 0 Å². The molecule has 0 saturated carbocycles. The minimum absolute atomic E-state index is 0.823. The highest BCUT2D eigenvalue weighted by Crippen LogP contribution is 2.25. The lowest BCUT2D eigenvalue weighted by molar-refractivity contribution is 0.695. The molecular weight excluding hydrogens is 196 g/mol. The van der Waals surface area contributed by atoms with Crippen LogP contribution in [-0.4, -0.2) is 19.6 Å². The maximum atomic E-state index is 5.97. The maximum Gasteiger partial charge on any atom is 0.0413 e. The Morgan fingerprint density at radius 3 is 3.14 bits per heavy atom. The first kappa shape index (κ1) is 9.81. The van der Waals surface area contributed by atoms with E-state index in [9.17, 15) is 0 Å². The number of halogens is 1. The Labute approximate surface area is 89.9 Å². The van der Waals surface area contributed by atoms with E-state index in [-0.39, 0.29) is 0 Å². The molecule has 1 aliphatic rings. The zero-order chi connectivity index (χ0) is 9.97. The van der Waals surface area contributed by atoms with Crippen LogP contribution >= 0.6 is 11.6 Å². The molecule has 2 nitrogen and oxygen atoms in total. The van der Waals surface area contributed by atoms with E-state index < -0.39 is 0 Å². The van der Waals surface area contributed by atoms with Gasteiger partial charge in [-0.1, -0.05) is 11.6 Å². The van der Waals surface area contributed by atoms with E-state index in [4.69, 9.17) is 11.6 Å². The average molecular weight is 211 g/mol. The molecule has 0 bridgehead atoms. The van der Waals surface area contributed by atoms with E-state index in [2.05, 4.69) is 29.3 Å². The Morgan fingerprint density at radius 2 is 2.36 bits per heavy atom. The van der Waals surface area contributed by atoms with Gasteiger partial charge in [0, 0.05) is 36.9 Å². The third-order valence-electron chi connectivity index (χ3n) is 2.64. The second-order valence-corrected chi connectivity index (χ2v) is 3.97. The number of hydrogen-bond acceptors (Lipinski definition) is 2. The number of benzene rings is 1. The van der Waals surface area contributed by atoms with Crippen LogP contribution in [0.25, 0.3) is 0 Å². The number of hydrogen-bond donors (Lipinski definition) is 1. The van der Waals surface area contributed by atoms with Gasteiger partial charge in [0.25, 0.3) is 0 Å². The van der Waals surface area contributed by atoms with Gasteiger partial charge < -0.3 is 10.2 Å². The molecule has 3 heteroatoms. The van der Waals surface area contributed by atoms with Crippen LogP contribution in [0.2, 0.25) is 5.02 Å². The van der Waals surface area contributed by atoms with E-state index in [1.807, 2.05) is 6.07 Å². The summed E-state index contributed by atoms with van der Waals surface area (Å²) in [6.07, 6.45) is 0. The zero-order valence-corrected chi connectivity index (χ0v) is 9.14. The first-order valence-electron chi connectivity index (χ1n) is 5.05. The van der Waals surface area contributed by atoms with Crippen molar-refractivity contribution < 1.29 is 0 Å². The van der Waals surface area contributed by atoms with Crippen molar-refractivity contribution in [2.45, 2.75) is 13.5 Å². The molecule has 1 heterocycles. The van der Waals surface area contributed by atoms with Crippen molar-refractivity contribution in [3.05, 3.63) is 28.8 Å². The molecule has 1 N–H and O–H groups in total. The Hall–Kier alpha value is -0.730. The fourth-order valence-electron chi connectivity index (χ4n) is 1.89. The highest BCUT2D eigenvalue weighted by atomic mass is 35.5. The molecular formula is C11H15ClN2. The molecule has 0 spiro atoms. The van der Waals surface area contributed by atoms with Crippen molar-refractivity contribution in [3.63, 3.8) is 0 Å². The van der Waals surface area contributed by atoms with Gasteiger partial charge in [0.1, 0.15) is 0 Å². The van der Waals surface area contributed by atoms with Crippen LogP contribution < -0.4 is 10.2 Å². The smallest absolute Gasteiger partial charge is 0.0413 e. The van der Waals surface area contributed by atoms with Gasteiger partial charge in [0.05, 0.1) is 0 Å². The normalized spacial score (nSPS) is 16.3. The van der Waals surface area contributed by atoms with Gasteiger partial charge in [-0.05, 0) is 30.7 Å². The van der Waals surface area contributed by atoms with Gasteiger partial charge in [-0.25, -0.2) is 0 Å². The van der Waals surface area contributed by atoms with E-state index in [1.54, 1.807) is 0 Å². The van der Waals surface area contributed by atoms with Crippen LogP contribution in [0.15, 0.2) is 18.2 Å². The third-order valence-corrected chi connectivity index (χ3v) is 2.87. The van der Waals surface area contributed by atoms with Gasteiger partial charge in [-0.2, -0.15) is 0 Å². The molecule has 0 unspecified atom stereocenters. The van der Waals surface area contributed by atoms with Crippen molar-refractivity contribution in [1.82, 2.24) is 5.32 Å². The summed E-state index contributed by atoms with van der Waals surface area (Å²) in [6.45, 7) is 6.28. The average Bonchev–Trinajstić information content (AvgIpc) is 2.38.